The molecule has 1 atom stereocenters. The number of ether oxygens (including phenoxy) is 2. The number of hydrogen-bond acceptors (Lipinski definition) is 6. The Morgan fingerprint density at radius 3 is 2.63 bits per heavy atom. The summed E-state index contributed by atoms with van der Waals surface area (Å²) in [6.45, 7) is 0. The van der Waals surface area contributed by atoms with Gasteiger partial charge in [0.1, 0.15) is 4.47 Å². The minimum absolute atomic E-state index is 0.0389. The normalized spacial score (nSPS) is 11.5. The van der Waals surface area contributed by atoms with Gasteiger partial charge in [-0.25, -0.2) is 0 Å². The second-order valence-corrected chi connectivity index (χ2v) is 4.38. The summed E-state index contributed by atoms with van der Waals surface area (Å²) in [6, 6.07) is 2.53. The Balaban J connectivity index is 3.57. The maximum atomic E-state index is 11.2. The van der Waals surface area contributed by atoms with Gasteiger partial charge in [-0.1, -0.05) is 0 Å². The van der Waals surface area contributed by atoms with E-state index in [0.29, 0.717) is 5.75 Å². The van der Waals surface area contributed by atoms with Gasteiger partial charge in [-0.2, -0.15) is 5.26 Å². The van der Waals surface area contributed by atoms with E-state index in [4.69, 9.17) is 20.5 Å². The molecule has 0 unspecified atom stereocenters. The third kappa shape index (κ3) is 2.94. The number of hydrogen-bond donors (Lipinski definition) is 1. The van der Waals surface area contributed by atoms with Crippen LogP contribution in [0.3, 0.4) is 0 Å². The van der Waals surface area contributed by atoms with E-state index in [1.807, 2.05) is 6.07 Å². The lowest BCUT2D eigenvalue weighted by Crippen LogP contribution is -2.13. The van der Waals surface area contributed by atoms with Gasteiger partial charge in [0.25, 0.3) is 5.69 Å². The topological polar surface area (TPSA) is 111 Å². The van der Waals surface area contributed by atoms with E-state index in [-0.39, 0.29) is 27.9 Å². The van der Waals surface area contributed by atoms with Crippen molar-refractivity contribution in [2.24, 2.45) is 5.73 Å². The molecule has 0 aliphatic heterocycles. The summed E-state index contributed by atoms with van der Waals surface area (Å²) in [5.74, 6) is 0.519. The number of nitro groups is 1. The first kappa shape index (κ1) is 15.2. The van der Waals surface area contributed by atoms with Gasteiger partial charge in [0.2, 0.25) is 0 Å². The van der Waals surface area contributed by atoms with E-state index >= 15 is 0 Å². The molecule has 0 aliphatic carbocycles. The Kier molecular flexibility index (Phi) is 5.09. The molecular formula is C11H12BrN3O4. The number of rotatable bonds is 5. The number of nitro benzene ring substituents is 1. The Morgan fingerprint density at radius 1 is 1.58 bits per heavy atom. The van der Waals surface area contributed by atoms with Crippen LogP contribution in [-0.4, -0.2) is 19.1 Å². The van der Waals surface area contributed by atoms with E-state index in [1.165, 1.54) is 20.3 Å². The van der Waals surface area contributed by atoms with Crippen LogP contribution < -0.4 is 15.2 Å². The molecule has 1 rings (SSSR count). The average Bonchev–Trinajstić information content (AvgIpc) is 2.37. The minimum Gasteiger partial charge on any atom is -0.493 e. The first-order valence-electron chi connectivity index (χ1n) is 5.19. The van der Waals surface area contributed by atoms with Crippen LogP contribution in [0.1, 0.15) is 18.0 Å². The molecule has 0 aliphatic rings. The van der Waals surface area contributed by atoms with Crippen molar-refractivity contribution in [1.82, 2.24) is 0 Å². The molecule has 0 amide bonds. The molecule has 0 heterocycles. The Bertz CT molecular complexity index is 542. The van der Waals surface area contributed by atoms with E-state index in [2.05, 4.69) is 15.9 Å². The van der Waals surface area contributed by atoms with Crippen LogP contribution in [0.2, 0.25) is 0 Å². The Hall–Kier alpha value is -1.85. The summed E-state index contributed by atoms with van der Waals surface area (Å²) in [4.78, 5) is 10.6. The van der Waals surface area contributed by atoms with Crippen molar-refractivity contribution in [3.8, 4) is 17.6 Å². The molecule has 1 aromatic carbocycles. The molecule has 0 radical (unpaired) electrons. The third-order valence-electron chi connectivity index (χ3n) is 2.51. The summed E-state index contributed by atoms with van der Waals surface area (Å²) in [5.41, 5.74) is 5.78. The van der Waals surface area contributed by atoms with Gasteiger partial charge in [0.15, 0.2) is 11.5 Å². The zero-order valence-corrected chi connectivity index (χ0v) is 11.9. The largest absolute Gasteiger partial charge is 0.493 e. The fraction of sp³-hybridized carbons (Fsp3) is 0.364. The lowest BCUT2D eigenvalue weighted by Gasteiger charge is -2.15. The Labute approximate surface area is 118 Å². The molecule has 2 N–H and O–H groups in total. The molecule has 0 bridgehead atoms. The summed E-state index contributed by atoms with van der Waals surface area (Å²) < 4.78 is 10.3. The highest BCUT2D eigenvalue weighted by Crippen LogP contribution is 2.45. The van der Waals surface area contributed by atoms with Crippen LogP contribution in [0.15, 0.2) is 10.5 Å². The average molecular weight is 330 g/mol. The van der Waals surface area contributed by atoms with Gasteiger partial charge >= 0.3 is 0 Å². The smallest absolute Gasteiger partial charge is 0.292 e. The number of nitrogens with zero attached hydrogens (tertiary/aromatic N) is 2. The number of benzene rings is 1. The zero-order chi connectivity index (χ0) is 14.6. The van der Waals surface area contributed by atoms with Gasteiger partial charge in [-0.05, 0) is 22.0 Å². The van der Waals surface area contributed by atoms with Crippen molar-refractivity contribution in [3.63, 3.8) is 0 Å². The van der Waals surface area contributed by atoms with E-state index in [0.717, 1.165) is 0 Å². The van der Waals surface area contributed by atoms with Crippen molar-refractivity contribution in [2.45, 2.75) is 12.5 Å². The molecule has 7 nitrogen and oxygen atoms in total. The molecule has 102 valence electrons. The number of methoxy groups -OCH3 is 2. The maximum Gasteiger partial charge on any atom is 0.292 e. The highest BCUT2D eigenvalue weighted by atomic mass is 79.9. The molecular weight excluding hydrogens is 318 g/mol. The molecule has 1 aromatic rings. The van der Waals surface area contributed by atoms with E-state index in [1.54, 1.807) is 0 Å². The molecule has 0 saturated heterocycles. The van der Waals surface area contributed by atoms with Crippen LogP contribution in [-0.2, 0) is 0 Å². The molecule has 0 saturated carbocycles. The first-order valence-corrected chi connectivity index (χ1v) is 5.98. The van der Waals surface area contributed by atoms with Gasteiger partial charge < -0.3 is 15.2 Å². The molecule has 0 aromatic heterocycles. The second-order valence-electron chi connectivity index (χ2n) is 3.59. The van der Waals surface area contributed by atoms with Crippen molar-refractivity contribution in [1.29, 1.82) is 5.26 Å². The minimum atomic E-state index is -0.776. The quantitative estimate of drug-likeness (QED) is 0.655. The number of halogens is 1. The third-order valence-corrected chi connectivity index (χ3v) is 3.24. The van der Waals surface area contributed by atoms with Crippen LogP contribution in [0, 0.1) is 21.4 Å². The fourth-order valence-corrected chi connectivity index (χ4v) is 2.37. The van der Waals surface area contributed by atoms with Crippen LogP contribution in [0.4, 0.5) is 5.69 Å². The van der Waals surface area contributed by atoms with Crippen molar-refractivity contribution in [2.75, 3.05) is 14.2 Å². The van der Waals surface area contributed by atoms with Crippen molar-refractivity contribution >= 4 is 21.6 Å². The standard InChI is InChI=1S/C11H12BrN3O4/c1-18-8-5-6(7(14)3-4-13)10(15(16)17)9(12)11(8)19-2/h5,7H,3,14H2,1-2H3/t7-/m1/s1. The van der Waals surface area contributed by atoms with Crippen molar-refractivity contribution < 1.29 is 14.4 Å². The summed E-state index contributed by atoms with van der Waals surface area (Å²) >= 11 is 3.12. The number of nitriles is 1. The lowest BCUT2D eigenvalue weighted by atomic mass is 10.0. The highest BCUT2D eigenvalue weighted by Gasteiger charge is 2.29. The van der Waals surface area contributed by atoms with Crippen molar-refractivity contribution in [3.05, 3.63) is 26.2 Å². The van der Waals surface area contributed by atoms with Crippen LogP contribution in [0.25, 0.3) is 0 Å². The van der Waals surface area contributed by atoms with Crippen LogP contribution in [0.5, 0.6) is 11.5 Å². The van der Waals surface area contributed by atoms with E-state index in [9.17, 15) is 10.1 Å². The number of nitrogens with two attached hydrogens (primary N) is 1. The SMILES string of the molecule is COc1cc([C@H](N)CC#N)c([N+](=O)[O-])c(Br)c1OC. The Morgan fingerprint density at radius 2 is 2.21 bits per heavy atom. The highest BCUT2D eigenvalue weighted by molar-refractivity contribution is 9.10. The molecule has 8 heteroatoms. The summed E-state index contributed by atoms with van der Waals surface area (Å²) in [6.07, 6.45) is -0.0389. The van der Waals surface area contributed by atoms with Gasteiger partial charge in [-0.3, -0.25) is 10.1 Å². The fourth-order valence-electron chi connectivity index (χ4n) is 1.64. The summed E-state index contributed by atoms with van der Waals surface area (Å²) in [5, 5.41) is 19.8. The van der Waals surface area contributed by atoms with Gasteiger partial charge in [0, 0.05) is 6.04 Å². The van der Waals surface area contributed by atoms with Crippen LogP contribution >= 0.6 is 15.9 Å². The first-order chi connectivity index (χ1) is 8.97. The molecule has 0 spiro atoms. The summed E-state index contributed by atoms with van der Waals surface area (Å²) in [7, 11) is 2.79. The monoisotopic (exact) mass is 329 g/mol. The lowest BCUT2D eigenvalue weighted by molar-refractivity contribution is -0.386. The predicted octanol–water partition coefficient (Wildman–Crippen LogP) is 2.29. The molecule has 19 heavy (non-hydrogen) atoms. The van der Waals surface area contributed by atoms with E-state index < -0.39 is 11.0 Å². The second kappa shape index (κ2) is 6.36. The zero-order valence-electron chi connectivity index (χ0n) is 10.3. The molecule has 0 fully saturated rings. The predicted molar refractivity (Wildman–Crippen MR) is 71.1 cm³/mol. The maximum absolute atomic E-state index is 11.2. The van der Waals surface area contributed by atoms with Gasteiger partial charge in [0.05, 0.1) is 37.2 Å². The van der Waals surface area contributed by atoms with Gasteiger partial charge in [-0.15, -0.1) is 0 Å².